The van der Waals surface area contributed by atoms with E-state index < -0.39 is 0 Å². The third-order valence-electron chi connectivity index (χ3n) is 4.70. The van der Waals surface area contributed by atoms with Gasteiger partial charge in [-0.3, -0.25) is 9.69 Å². The highest BCUT2D eigenvalue weighted by atomic mass is 16.5. The molecule has 0 aromatic heterocycles. The summed E-state index contributed by atoms with van der Waals surface area (Å²) in [4.78, 5) is 15.0. The van der Waals surface area contributed by atoms with Crippen LogP contribution in [-0.4, -0.2) is 50.3 Å². The van der Waals surface area contributed by atoms with E-state index in [-0.39, 0.29) is 11.9 Å². The van der Waals surface area contributed by atoms with Gasteiger partial charge in [-0.15, -0.1) is 0 Å². The Morgan fingerprint density at radius 3 is 2.61 bits per heavy atom. The van der Waals surface area contributed by atoms with Gasteiger partial charge in [-0.25, -0.2) is 0 Å². The molecule has 1 aliphatic rings. The van der Waals surface area contributed by atoms with Crippen molar-refractivity contribution in [1.82, 2.24) is 10.2 Å². The SMILES string of the molecule is CCOc1ccccc1/C=C/C(=O)NC(CN1CCOCC1)c1ccccc1. The van der Waals surface area contributed by atoms with E-state index in [4.69, 9.17) is 9.47 Å². The Morgan fingerprint density at radius 1 is 1.14 bits per heavy atom. The van der Waals surface area contributed by atoms with Crippen molar-refractivity contribution in [3.8, 4) is 5.75 Å². The quantitative estimate of drug-likeness (QED) is 0.714. The van der Waals surface area contributed by atoms with Crippen molar-refractivity contribution in [1.29, 1.82) is 0 Å². The fraction of sp³-hybridized carbons (Fsp3) is 0.348. The summed E-state index contributed by atoms with van der Waals surface area (Å²) in [5, 5.41) is 3.15. The van der Waals surface area contributed by atoms with Gasteiger partial charge >= 0.3 is 0 Å². The fourth-order valence-electron chi connectivity index (χ4n) is 3.25. The van der Waals surface area contributed by atoms with Crippen LogP contribution in [0.1, 0.15) is 24.1 Å². The lowest BCUT2D eigenvalue weighted by Crippen LogP contribution is -2.42. The van der Waals surface area contributed by atoms with Crippen molar-refractivity contribution in [3.63, 3.8) is 0 Å². The molecule has 1 saturated heterocycles. The van der Waals surface area contributed by atoms with E-state index in [0.29, 0.717) is 6.61 Å². The summed E-state index contributed by atoms with van der Waals surface area (Å²) in [7, 11) is 0. The zero-order chi connectivity index (χ0) is 19.6. The van der Waals surface area contributed by atoms with Crippen LogP contribution in [0.25, 0.3) is 6.08 Å². The summed E-state index contributed by atoms with van der Waals surface area (Å²) in [6.45, 7) is 6.55. The molecular weight excluding hydrogens is 352 g/mol. The number of ether oxygens (including phenoxy) is 2. The third-order valence-corrected chi connectivity index (χ3v) is 4.70. The highest BCUT2D eigenvalue weighted by Gasteiger charge is 2.19. The number of benzene rings is 2. The van der Waals surface area contributed by atoms with Crippen molar-refractivity contribution >= 4 is 12.0 Å². The topological polar surface area (TPSA) is 50.8 Å². The van der Waals surface area contributed by atoms with Crippen molar-refractivity contribution in [2.45, 2.75) is 13.0 Å². The summed E-state index contributed by atoms with van der Waals surface area (Å²) in [5.41, 5.74) is 1.99. The summed E-state index contributed by atoms with van der Waals surface area (Å²) < 4.78 is 11.1. The fourth-order valence-corrected chi connectivity index (χ4v) is 3.25. The van der Waals surface area contributed by atoms with Crippen LogP contribution in [0, 0.1) is 0 Å². The number of hydrogen-bond donors (Lipinski definition) is 1. The van der Waals surface area contributed by atoms with Crippen LogP contribution >= 0.6 is 0 Å². The van der Waals surface area contributed by atoms with E-state index in [1.54, 1.807) is 12.2 Å². The summed E-state index contributed by atoms with van der Waals surface area (Å²) >= 11 is 0. The maximum atomic E-state index is 12.6. The monoisotopic (exact) mass is 380 g/mol. The third kappa shape index (κ3) is 5.94. The zero-order valence-electron chi connectivity index (χ0n) is 16.3. The van der Waals surface area contributed by atoms with Crippen LogP contribution in [0.2, 0.25) is 0 Å². The number of morpholine rings is 1. The molecule has 1 unspecified atom stereocenters. The Bertz CT molecular complexity index is 770. The van der Waals surface area contributed by atoms with Crippen molar-refractivity contribution in [2.75, 3.05) is 39.5 Å². The number of amides is 1. The molecule has 0 spiro atoms. The second-order valence-corrected chi connectivity index (χ2v) is 6.69. The van der Waals surface area contributed by atoms with Crippen LogP contribution in [0.15, 0.2) is 60.7 Å². The highest BCUT2D eigenvalue weighted by molar-refractivity contribution is 5.92. The predicted octanol–water partition coefficient (Wildman–Crippen LogP) is 3.29. The van der Waals surface area contributed by atoms with Gasteiger partial charge in [-0.1, -0.05) is 48.5 Å². The first-order valence-corrected chi connectivity index (χ1v) is 9.81. The Labute approximate surface area is 167 Å². The van der Waals surface area contributed by atoms with Crippen LogP contribution in [0.4, 0.5) is 0 Å². The molecule has 0 bridgehead atoms. The minimum atomic E-state index is -0.117. The maximum absolute atomic E-state index is 12.6. The lowest BCUT2D eigenvalue weighted by Gasteiger charge is -2.31. The van der Waals surface area contributed by atoms with Gasteiger partial charge in [0.25, 0.3) is 0 Å². The van der Waals surface area contributed by atoms with E-state index in [0.717, 1.165) is 49.7 Å². The average molecular weight is 380 g/mol. The molecule has 2 aromatic carbocycles. The first-order valence-electron chi connectivity index (χ1n) is 9.81. The molecule has 5 heteroatoms. The Kier molecular flexibility index (Phi) is 7.64. The minimum Gasteiger partial charge on any atom is -0.493 e. The Balaban J connectivity index is 1.68. The molecule has 1 aliphatic heterocycles. The van der Waals surface area contributed by atoms with Crippen molar-refractivity contribution in [3.05, 3.63) is 71.8 Å². The number of carbonyl (C=O) groups is 1. The number of rotatable bonds is 8. The van der Waals surface area contributed by atoms with Crippen molar-refractivity contribution in [2.24, 2.45) is 0 Å². The molecule has 148 valence electrons. The van der Waals surface area contributed by atoms with Crippen LogP contribution in [-0.2, 0) is 9.53 Å². The van der Waals surface area contributed by atoms with Gasteiger partial charge < -0.3 is 14.8 Å². The Hall–Kier alpha value is -2.63. The van der Waals surface area contributed by atoms with E-state index in [1.165, 1.54) is 0 Å². The molecule has 28 heavy (non-hydrogen) atoms. The number of para-hydroxylation sites is 1. The molecule has 2 aromatic rings. The van der Waals surface area contributed by atoms with Gasteiger partial charge in [-0.2, -0.15) is 0 Å². The van der Waals surface area contributed by atoms with E-state index in [1.807, 2.05) is 49.4 Å². The van der Waals surface area contributed by atoms with Gasteiger partial charge in [0.15, 0.2) is 0 Å². The molecule has 1 atom stereocenters. The minimum absolute atomic E-state index is 0.0708. The smallest absolute Gasteiger partial charge is 0.244 e. The van der Waals surface area contributed by atoms with Crippen molar-refractivity contribution < 1.29 is 14.3 Å². The van der Waals surface area contributed by atoms with Gasteiger partial charge in [0.2, 0.25) is 5.91 Å². The number of hydrogen-bond acceptors (Lipinski definition) is 4. The second kappa shape index (κ2) is 10.6. The molecule has 0 saturated carbocycles. The molecule has 5 nitrogen and oxygen atoms in total. The molecule has 1 fully saturated rings. The molecule has 1 heterocycles. The normalized spacial score (nSPS) is 16.0. The molecule has 3 rings (SSSR count). The first-order chi connectivity index (χ1) is 13.8. The molecular formula is C23H28N2O3. The van der Waals surface area contributed by atoms with Crippen LogP contribution in [0.3, 0.4) is 0 Å². The molecule has 1 N–H and O–H groups in total. The summed E-state index contributed by atoms with van der Waals surface area (Å²) in [5.74, 6) is 0.662. The zero-order valence-corrected chi connectivity index (χ0v) is 16.3. The average Bonchev–Trinajstić information content (AvgIpc) is 2.74. The van der Waals surface area contributed by atoms with Crippen LogP contribution in [0.5, 0.6) is 5.75 Å². The second-order valence-electron chi connectivity index (χ2n) is 6.69. The van der Waals surface area contributed by atoms with E-state index >= 15 is 0 Å². The predicted molar refractivity (Wildman–Crippen MR) is 111 cm³/mol. The van der Waals surface area contributed by atoms with Gasteiger partial charge in [0, 0.05) is 31.3 Å². The lowest BCUT2D eigenvalue weighted by atomic mass is 10.1. The largest absolute Gasteiger partial charge is 0.493 e. The Morgan fingerprint density at radius 2 is 1.86 bits per heavy atom. The molecule has 0 aliphatic carbocycles. The highest BCUT2D eigenvalue weighted by Crippen LogP contribution is 2.20. The van der Waals surface area contributed by atoms with Gasteiger partial charge in [-0.05, 0) is 24.6 Å². The number of nitrogens with zero attached hydrogens (tertiary/aromatic N) is 1. The number of nitrogens with one attached hydrogen (secondary N) is 1. The summed E-state index contributed by atoms with van der Waals surface area (Å²) in [6, 6.07) is 17.7. The maximum Gasteiger partial charge on any atom is 0.244 e. The lowest BCUT2D eigenvalue weighted by molar-refractivity contribution is -0.117. The molecule has 1 amide bonds. The standard InChI is InChI=1S/C23H28N2O3/c1-2-28-22-11-7-6-10-20(22)12-13-23(26)24-21(19-8-4-3-5-9-19)18-25-14-16-27-17-15-25/h3-13,21H,2,14-18H2,1H3,(H,24,26)/b13-12+. The van der Waals surface area contributed by atoms with Gasteiger partial charge in [0.05, 0.1) is 25.9 Å². The first kappa shape index (κ1) is 20.1. The van der Waals surface area contributed by atoms with Gasteiger partial charge in [0.1, 0.15) is 5.75 Å². The number of carbonyl (C=O) groups excluding carboxylic acids is 1. The van der Waals surface area contributed by atoms with E-state index in [2.05, 4.69) is 22.3 Å². The molecule has 0 radical (unpaired) electrons. The summed E-state index contributed by atoms with van der Waals surface area (Å²) in [6.07, 6.45) is 3.38. The van der Waals surface area contributed by atoms with Crippen LogP contribution < -0.4 is 10.1 Å². The van der Waals surface area contributed by atoms with E-state index in [9.17, 15) is 4.79 Å².